The van der Waals surface area contributed by atoms with E-state index >= 15 is 0 Å². The van der Waals surface area contributed by atoms with E-state index in [-0.39, 0.29) is 16.7 Å². The van der Waals surface area contributed by atoms with Gasteiger partial charge < -0.3 is 11.2 Å². The molecule has 0 aliphatic carbocycles. The van der Waals surface area contributed by atoms with Crippen molar-refractivity contribution in [2.24, 2.45) is 0 Å². The van der Waals surface area contributed by atoms with Crippen molar-refractivity contribution in [2.75, 3.05) is 11.2 Å². The Morgan fingerprint density at radius 3 is 2.48 bits per heavy atom. The van der Waals surface area contributed by atoms with Crippen LogP contribution in [-0.2, 0) is 4.79 Å². The number of aromatic nitrogens is 3. The molecule has 27 heavy (non-hydrogen) atoms. The predicted octanol–water partition coefficient (Wildman–Crippen LogP) is 3.20. The third kappa shape index (κ3) is 4.22. The summed E-state index contributed by atoms with van der Waals surface area (Å²) >= 11 is 1.03. The molecule has 3 N–H and O–H groups in total. The van der Waals surface area contributed by atoms with Crippen molar-refractivity contribution in [3.8, 4) is 11.4 Å². The zero-order chi connectivity index (χ0) is 19.6. The summed E-state index contributed by atoms with van der Waals surface area (Å²) in [6, 6.07) is 8.64. The summed E-state index contributed by atoms with van der Waals surface area (Å²) in [6.07, 6.45) is 0. The minimum atomic E-state index is -1.06. The maximum atomic E-state index is 13.2. The molecule has 10 heteroatoms. The Morgan fingerprint density at radius 1 is 1.11 bits per heavy atom. The molecule has 0 aliphatic heterocycles. The Morgan fingerprint density at radius 2 is 1.81 bits per heavy atom. The van der Waals surface area contributed by atoms with Gasteiger partial charge in [-0.15, -0.1) is 10.2 Å². The largest absolute Gasteiger partial charge is 0.335 e. The van der Waals surface area contributed by atoms with Crippen LogP contribution in [0.2, 0.25) is 0 Å². The molecule has 3 aromatic rings. The van der Waals surface area contributed by atoms with Gasteiger partial charge in [-0.05, 0) is 43.3 Å². The molecule has 0 saturated carbocycles. The van der Waals surface area contributed by atoms with Crippen LogP contribution in [0.1, 0.15) is 6.92 Å². The third-order valence-electron chi connectivity index (χ3n) is 3.61. The molecular formula is C17H14F3N5OS. The quantitative estimate of drug-likeness (QED) is 0.514. The van der Waals surface area contributed by atoms with E-state index in [0.717, 1.165) is 23.9 Å². The molecule has 3 rings (SSSR count). The molecule has 0 saturated heterocycles. The second-order valence-corrected chi connectivity index (χ2v) is 6.87. The Balaban J connectivity index is 1.70. The van der Waals surface area contributed by atoms with Crippen molar-refractivity contribution in [1.29, 1.82) is 0 Å². The number of nitrogens with two attached hydrogens (primary N) is 1. The molecule has 0 bridgehead atoms. The predicted molar refractivity (Wildman–Crippen MR) is 95.9 cm³/mol. The van der Waals surface area contributed by atoms with Gasteiger partial charge in [0.15, 0.2) is 17.5 Å². The lowest BCUT2D eigenvalue weighted by molar-refractivity contribution is -0.115. The highest BCUT2D eigenvalue weighted by Crippen LogP contribution is 2.25. The van der Waals surface area contributed by atoms with Crippen LogP contribution >= 0.6 is 11.8 Å². The molecule has 0 fully saturated rings. The van der Waals surface area contributed by atoms with Crippen LogP contribution in [0.3, 0.4) is 0 Å². The Bertz CT molecular complexity index is 977. The number of nitrogens with zero attached hydrogens (tertiary/aromatic N) is 3. The summed E-state index contributed by atoms with van der Waals surface area (Å²) in [7, 11) is 0. The van der Waals surface area contributed by atoms with Crippen LogP contribution in [0.5, 0.6) is 0 Å². The fraction of sp³-hybridized carbons (Fsp3) is 0.118. The minimum Gasteiger partial charge on any atom is -0.335 e. The van der Waals surface area contributed by atoms with Crippen LogP contribution in [0, 0.1) is 17.5 Å². The molecular weight excluding hydrogens is 379 g/mol. The summed E-state index contributed by atoms with van der Waals surface area (Å²) in [6.45, 7) is 1.60. The Hall–Kier alpha value is -3.01. The van der Waals surface area contributed by atoms with Gasteiger partial charge in [-0.2, -0.15) is 0 Å². The average molecular weight is 393 g/mol. The number of anilines is 1. The lowest BCUT2D eigenvalue weighted by Crippen LogP contribution is -2.23. The molecule has 0 radical (unpaired) electrons. The summed E-state index contributed by atoms with van der Waals surface area (Å²) in [5.74, 6) is 3.38. The van der Waals surface area contributed by atoms with Crippen molar-refractivity contribution in [3.63, 3.8) is 0 Å². The second-order valence-electron chi connectivity index (χ2n) is 5.56. The zero-order valence-corrected chi connectivity index (χ0v) is 14.8. The molecule has 140 valence electrons. The van der Waals surface area contributed by atoms with Crippen molar-refractivity contribution < 1.29 is 18.0 Å². The van der Waals surface area contributed by atoms with Gasteiger partial charge in [-0.1, -0.05) is 11.8 Å². The minimum absolute atomic E-state index is 0.132. The van der Waals surface area contributed by atoms with E-state index in [4.69, 9.17) is 5.84 Å². The van der Waals surface area contributed by atoms with Crippen LogP contribution in [0.4, 0.5) is 18.9 Å². The normalized spacial score (nSPS) is 12.0. The first kappa shape index (κ1) is 18.8. The number of carbonyl (C=O) groups is 1. The number of carbonyl (C=O) groups excluding carboxylic acids is 1. The number of thioether (sulfide) groups is 1. The summed E-state index contributed by atoms with van der Waals surface area (Å²) in [5.41, 5.74) is 0.699. The number of benzene rings is 2. The van der Waals surface area contributed by atoms with E-state index < -0.39 is 22.8 Å². The maximum Gasteiger partial charge on any atom is 0.237 e. The number of hydrogen-bond donors (Lipinski definition) is 2. The van der Waals surface area contributed by atoms with Crippen molar-refractivity contribution in [1.82, 2.24) is 14.9 Å². The molecule has 0 aliphatic rings. The van der Waals surface area contributed by atoms with Crippen LogP contribution in [0.25, 0.3) is 11.4 Å². The molecule has 1 aromatic heterocycles. The van der Waals surface area contributed by atoms with Gasteiger partial charge in [0, 0.05) is 17.3 Å². The zero-order valence-electron chi connectivity index (χ0n) is 14.0. The molecule has 2 aromatic carbocycles. The standard InChI is InChI=1S/C17H14F3N5OS/c1-9(16(26)22-12-6-7-13(19)14(20)8-12)27-17-24-23-15(25(17)21)10-2-4-11(18)5-3-10/h2-9H,21H2,1H3,(H,22,26)/t9-/m1/s1. The monoisotopic (exact) mass is 393 g/mol. The van der Waals surface area contributed by atoms with Gasteiger partial charge in [-0.25, -0.2) is 17.8 Å². The topological polar surface area (TPSA) is 85.8 Å². The van der Waals surface area contributed by atoms with E-state index in [1.807, 2.05) is 0 Å². The van der Waals surface area contributed by atoms with Gasteiger partial charge in [0.25, 0.3) is 0 Å². The summed E-state index contributed by atoms with van der Waals surface area (Å²) in [4.78, 5) is 12.3. The number of rotatable bonds is 5. The number of amides is 1. The van der Waals surface area contributed by atoms with Crippen molar-refractivity contribution >= 4 is 23.4 Å². The van der Waals surface area contributed by atoms with E-state index in [1.165, 1.54) is 35.0 Å². The highest BCUT2D eigenvalue weighted by Gasteiger charge is 2.20. The smallest absolute Gasteiger partial charge is 0.237 e. The first-order chi connectivity index (χ1) is 12.8. The lowest BCUT2D eigenvalue weighted by Gasteiger charge is -2.11. The van der Waals surface area contributed by atoms with Crippen molar-refractivity contribution in [3.05, 3.63) is 59.9 Å². The van der Waals surface area contributed by atoms with Gasteiger partial charge in [0.2, 0.25) is 11.1 Å². The van der Waals surface area contributed by atoms with Gasteiger partial charge >= 0.3 is 0 Å². The average Bonchev–Trinajstić information content (AvgIpc) is 2.99. The van der Waals surface area contributed by atoms with E-state index in [2.05, 4.69) is 15.5 Å². The third-order valence-corrected chi connectivity index (χ3v) is 4.66. The molecule has 0 unspecified atom stereocenters. The van der Waals surface area contributed by atoms with E-state index in [1.54, 1.807) is 6.92 Å². The van der Waals surface area contributed by atoms with Crippen LogP contribution in [-0.4, -0.2) is 26.0 Å². The lowest BCUT2D eigenvalue weighted by atomic mass is 10.2. The van der Waals surface area contributed by atoms with Crippen LogP contribution < -0.4 is 11.2 Å². The fourth-order valence-electron chi connectivity index (χ4n) is 2.18. The molecule has 1 heterocycles. The molecule has 0 spiro atoms. The number of hydrogen-bond acceptors (Lipinski definition) is 5. The van der Waals surface area contributed by atoms with E-state index in [0.29, 0.717) is 11.4 Å². The van der Waals surface area contributed by atoms with Gasteiger partial charge in [-0.3, -0.25) is 4.79 Å². The first-order valence-electron chi connectivity index (χ1n) is 7.74. The van der Waals surface area contributed by atoms with Crippen LogP contribution in [0.15, 0.2) is 47.6 Å². The fourth-order valence-corrected chi connectivity index (χ4v) is 2.95. The molecule has 1 amide bonds. The van der Waals surface area contributed by atoms with E-state index in [9.17, 15) is 18.0 Å². The second kappa shape index (κ2) is 7.70. The van der Waals surface area contributed by atoms with Gasteiger partial charge in [0.1, 0.15) is 5.82 Å². The number of halogens is 3. The summed E-state index contributed by atoms with van der Waals surface area (Å²) in [5, 5.41) is 10.00. The number of nitrogens with one attached hydrogen (secondary N) is 1. The highest BCUT2D eigenvalue weighted by molar-refractivity contribution is 8.00. The highest BCUT2D eigenvalue weighted by atomic mass is 32.2. The first-order valence-corrected chi connectivity index (χ1v) is 8.62. The Kier molecular flexibility index (Phi) is 5.36. The summed E-state index contributed by atoms with van der Waals surface area (Å²) < 4.78 is 40.4. The molecule has 1 atom stereocenters. The molecule has 6 nitrogen and oxygen atoms in total. The Labute approximate surface area is 156 Å². The van der Waals surface area contributed by atoms with Crippen molar-refractivity contribution in [2.45, 2.75) is 17.3 Å². The number of nitrogen functional groups attached to an aromatic ring is 1. The maximum absolute atomic E-state index is 13.2. The SMILES string of the molecule is C[C@@H](Sc1nnc(-c2ccc(F)cc2)n1N)C(=O)Nc1ccc(F)c(F)c1. The van der Waals surface area contributed by atoms with Gasteiger partial charge in [0.05, 0.1) is 5.25 Å².